The summed E-state index contributed by atoms with van der Waals surface area (Å²) in [7, 11) is 2.80. The Bertz CT molecular complexity index is 901. The summed E-state index contributed by atoms with van der Waals surface area (Å²) in [5.74, 6) is -0.609. The van der Waals surface area contributed by atoms with Crippen LogP contribution in [0.3, 0.4) is 0 Å². The second kappa shape index (κ2) is 7.71. The first-order chi connectivity index (χ1) is 12.9. The van der Waals surface area contributed by atoms with Crippen LogP contribution in [0.5, 0.6) is 17.2 Å². The lowest BCUT2D eigenvalue weighted by molar-refractivity contribution is -0.123. The van der Waals surface area contributed by atoms with Crippen LogP contribution in [0.1, 0.15) is 11.1 Å². The smallest absolute Gasteiger partial charge is 0.293 e. The molecular weight excluding hydrogens is 373 g/mol. The number of benzene rings is 2. The van der Waals surface area contributed by atoms with Crippen molar-refractivity contribution in [2.75, 3.05) is 14.2 Å². The summed E-state index contributed by atoms with van der Waals surface area (Å²) in [5, 5.41) is 9.55. The molecule has 0 aromatic heterocycles. The van der Waals surface area contributed by atoms with Crippen molar-refractivity contribution in [1.29, 1.82) is 0 Å². The van der Waals surface area contributed by atoms with E-state index in [0.717, 1.165) is 16.7 Å². The minimum atomic E-state index is -0.444. The number of halogens is 1. The number of phenols is 1. The number of ether oxygens (including phenoxy) is 2. The molecule has 0 radical (unpaired) electrons. The third-order valence-corrected chi connectivity index (χ3v) is 4.83. The van der Waals surface area contributed by atoms with E-state index in [-0.39, 0.29) is 34.5 Å². The van der Waals surface area contributed by atoms with Gasteiger partial charge < -0.3 is 14.6 Å². The van der Waals surface area contributed by atoms with E-state index in [2.05, 4.69) is 0 Å². The van der Waals surface area contributed by atoms with Crippen molar-refractivity contribution in [3.8, 4) is 17.2 Å². The van der Waals surface area contributed by atoms with E-state index in [9.17, 15) is 19.1 Å². The van der Waals surface area contributed by atoms with Gasteiger partial charge in [0.2, 0.25) is 5.75 Å². The number of hydrogen-bond donors (Lipinski definition) is 1. The van der Waals surface area contributed by atoms with Gasteiger partial charge in [-0.05, 0) is 53.2 Å². The highest BCUT2D eigenvalue weighted by atomic mass is 32.2. The molecule has 1 aliphatic rings. The summed E-state index contributed by atoms with van der Waals surface area (Å²) in [6.45, 7) is 0.0600. The Balaban J connectivity index is 1.87. The molecule has 27 heavy (non-hydrogen) atoms. The summed E-state index contributed by atoms with van der Waals surface area (Å²) in [6, 6.07) is 8.67. The molecule has 0 saturated carbocycles. The van der Waals surface area contributed by atoms with Gasteiger partial charge in [-0.1, -0.05) is 12.1 Å². The van der Waals surface area contributed by atoms with Crippen LogP contribution in [-0.4, -0.2) is 35.4 Å². The quantitative estimate of drug-likeness (QED) is 0.785. The summed E-state index contributed by atoms with van der Waals surface area (Å²) >= 11 is 0.810. The van der Waals surface area contributed by atoms with Gasteiger partial charge in [0.05, 0.1) is 25.7 Å². The van der Waals surface area contributed by atoms with Crippen molar-refractivity contribution < 1.29 is 28.6 Å². The first kappa shape index (κ1) is 18.8. The first-order valence-corrected chi connectivity index (χ1v) is 8.69. The molecular formula is C19H16FNO5S. The molecule has 1 heterocycles. The number of nitrogens with zero attached hydrogens (tertiary/aromatic N) is 1. The van der Waals surface area contributed by atoms with E-state index in [0.29, 0.717) is 11.1 Å². The number of hydrogen-bond acceptors (Lipinski definition) is 6. The molecule has 3 rings (SSSR count). The molecule has 2 aromatic rings. The predicted molar refractivity (Wildman–Crippen MR) is 99.1 cm³/mol. The molecule has 2 amide bonds. The van der Waals surface area contributed by atoms with Gasteiger partial charge in [0, 0.05) is 0 Å². The van der Waals surface area contributed by atoms with Gasteiger partial charge >= 0.3 is 0 Å². The van der Waals surface area contributed by atoms with Crippen molar-refractivity contribution >= 4 is 29.0 Å². The number of carbonyl (C=O) groups excluding carboxylic acids is 2. The minimum Gasteiger partial charge on any atom is -0.502 e. The number of phenolic OH excluding ortho intramolecular Hbond substituents is 1. The molecule has 0 atom stereocenters. The predicted octanol–water partition coefficient (Wildman–Crippen LogP) is 3.79. The number of rotatable bonds is 5. The van der Waals surface area contributed by atoms with Crippen LogP contribution in [0.15, 0.2) is 41.3 Å². The normalized spacial score (nSPS) is 15.5. The minimum absolute atomic E-state index is 0.0600. The molecule has 1 aliphatic heterocycles. The fraction of sp³-hybridized carbons (Fsp3) is 0.158. The van der Waals surface area contributed by atoms with Gasteiger partial charge in [-0.15, -0.1) is 0 Å². The van der Waals surface area contributed by atoms with Gasteiger partial charge in [0.25, 0.3) is 11.1 Å². The molecule has 0 aliphatic carbocycles. The van der Waals surface area contributed by atoms with Crippen LogP contribution < -0.4 is 9.47 Å². The number of imide groups is 1. The van der Waals surface area contributed by atoms with Gasteiger partial charge in [0.15, 0.2) is 11.5 Å². The summed E-state index contributed by atoms with van der Waals surface area (Å²) in [4.78, 5) is 26.1. The van der Waals surface area contributed by atoms with Gasteiger partial charge in [-0.3, -0.25) is 14.5 Å². The van der Waals surface area contributed by atoms with Gasteiger partial charge in [-0.2, -0.15) is 0 Å². The van der Waals surface area contributed by atoms with Crippen molar-refractivity contribution in [1.82, 2.24) is 4.90 Å². The summed E-state index contributed by atoms with van der Waals surface area (Å²) in [5.41, 5.74) is 1.18. The van der Waals surface area contributed by atoms with Crippen LogP contribution in [0, 0.1) is 5.82 Å². The molecule has 1 saturated heterocycles. The maximum atomic E-state index is 13.0. The zero-order chi connectivity index (χ0) is 19.6. The van der Waals surface area contributed by atoms with E-state index in [1.807, 2.05) is 0 Å². The van der Waals surface area contributed by atoms with Crippen LogP contribution in [0.4, 0.5) is 9.18 Å². The van der Waals surface area contributed by atoms with Gasteiger partial charge in [0.1, 0.15) is 5.82 Å². The highest BCUT2D eigenvalue weighted by Gasteiger charge is 2.35. The molecule has 0 spiro atoms. The lowest BCUT2D eigenvalue weighted by Gasteiger charge is -2.12. The van der Waals surface area contributed by atoms with Crippen molar-refractivity contribution in [2.45, 2.75) is 6.54 Å². The van der Waals surface area contributed by atoms with Crippen molar-refractivity contribution in [2.24, 2.45) is 0 Å². The van der Waals surface area contributed by atoms with Crippen LogP contribution in [-0.2, 0) is 11.3 Å². The van der Waals surface area contributed by atoms with E-state index in [1.165, 1.54) is 56.7 Å². The highest BCUT2D eigenvalue weighted by molar-refractivity contribution is 8.18. The summed E-state index contributed by atoms with van der Waals surface area (Å²) in [6.07, 6.45) is 1.53. The maximum absolute atomic E-state index is 13.0. The lowest BCUT2D eigenvalue weighted by Crippen LogP contribution is -2.27. The SMILES string of the molecule is COc1cc(/C=C2/SC(=O)N(Cc3ccc(F)cc3)C2=O)cc(OC)c1O. The number of carbonyl (C=O) groups is 2. The third kappa shape index (κ3) is 3.90. The lowest BCUT2D eigenvalue weighted by atomic mass is 10.1. The fourth-order valence-electron chi connectivity index (χ4n) is 2.56. The summed E-state index contributed by atoms with van der Waals surface area (Å²) < 4.78 is 23.2. The molecule has 6 nitrogen and oxygen atoms in total. The van der Waals surface area contributed by atoms with E-state index in [1.54, 1.807) is 0 Å². The molecule has 0 bridgehead atoms. The standard InChI is InChI=1S/C19H16FNO5S/c1-25-14-7-12(8-15(26-2)17(14)22)9-16-18(23)21(19(24)27-16)10-11-3-5-13(20)6-4-11/h3-9,22H,10H2,1-2H3/b16-9+. The van der Waals surface area contributed by atoms with Crippen LogP contribution in [0.25, 0.3) is 6.08 Å². The third-order valence-electron chi connectivity index (χ3n) is 3.93. The highest BCUT2D eigenvalue weighted by Crippen LogP contribution is 2.39. The van der Waals surface area contributed by atoms with Gasteiger partial charge in [-0.25, -0.2) is 4.39 Å². The van der Waals surface area contributed by atoms with Crippen LogP contribution in [0.2, 0.25) is 0 Å². The maximum Gasteiger partial charge on any atom is 0.293 e. The van der Waals surface area contributed by atoms with E-state index < -0.39 is 11.1 Å². The molecule has 1 N–H and O–H groups in total. The Morgan fingerprint density at radius 3 is 2.26 bits per heavy atom. The van der Waals surface area contributed by atoms with Crippen LogP contribution >= 0.6 is 11.8 Å². The Morgan fingerprint density at radius 2 is 1.70 bits per heavy atom. The zero-order valence-electron chi connectivity index (χ0n) is 14.6. The van der Waals surface area contributed by atoms with Crippen molar-refractivity contribution in [3.05, 3.63) is 58.2 Å². The molecule has 0 unspecified atom stereocenters. The topological polar surface area (TPSA) is 76.1 Å². The Labute approximate surface area is 159 Å². The number of amides is 2. The number of thioether (sulfide) groups is 1. The average Bonchev–Trinajstić information content (AvgIpc) is 2.92. The average molecular weight is 389 g/mol. The first-order valence-electron chi connectivity index (χ1n) is 7.87. The monoisotopic (exact) mass is 389 g/mol. The molecule has 140 valence electrons. The second-order valence-corrected chi connectivity index (χ2v) is 6.66. The second-order valence-electron chi connectivity index (χ2n) is 5.67. The largest absolute Gasteiger partial charge is 0.502 e. The Hall–Kier alpha value is -3.00. The zero-order valence-corrected chi connectivity index (χ0v) is 15.4. The van der Waals surface area contributed by atoms with E-state index >= 15 is 0 Å². The number of aromatic hydroxyl groups is 1. The van der Waals surface area contributed by atoms with E-state index in [4.69, 9.17) is 9.47 Å². The fourth-order valence-corrected chi connectivity index (χ4v) is 3.40. The molecule has 1 fully saturated rings. The number of methoxy groups -OCH3 is 2. The molecule has 8 heteroatoms. The molecule has 2 aromatic carbocycles. The Kier molecular flexibility index (Phi) is 5.36. The van der Waals surface area contributed by atoms with Crippen molar-refractivity contribution in [3.63, 3.8) is 0 Å². The Morgan fingerprint density at radius 1 is 1.11 bits per heavy atom.